The van der Waals surface area contributed by atoms with Gasteiger partial charge in [0.2, 0.25) is 0 Å². The van der Waals surface area contributed by atoms with Gasteiger partial charge in [-0.05, 0) is 12.1 Å². The summed E-state index contributed by atoms with van der Waals surface area (Å²) in [6, 6.07) is 3.36. The minimum Gasteiger partial charge on any atom is -0.454 e. The van der Waals surface area contributed by atoms with E-state index in [1.54, 1.807) is 37.2 Å². The van der Waals surface area contributed by atoms with Crippen molar-refractivity contribution >= 4 is 23.6 Å². The molecule has 0 unspecified atom stereocenters. The van der Waals surface area contributed by atoms with Crippen LogP contribution < -0.4 is 0 Å². The van der Waals surface area contributed by atoms with Crippen LogP contribution in [0.3, 0.4) is 0 Å². The summed E-state index contributed by atoms with van der Waals surface area (Å²) >= 11 is 0. The second-order valence-corrected chi connectivity index (χ2v) is 7.54. The minimum atomic E-state index is -1.92. The highest BCUT2D eigenvalue weighted by Crippen LogP contribution is 2.42. The molecule has 0 radical (unpaired) electrons. The quantitative estimate of drug-likeness (QED) is 0.303. The molecule has 0 aliphatic carbocycles. The summed E-state index contributed by atoms with van der Waals surface area (Å²) in [5.74, 6) is -0.532. The zero-order chi connectivity index (χ0) is 22.1. The van der Waals surface area contributed by atoms with Gasteiger partial charge in [0, 0.05) is 14.1 Å². The molecule has 1 fully saturated rings. The molecule has 0 spiro atoms. The Balaban J connectivity index is 1.93. The lowest BCUT2D eigenvalue weighted by Gasteiger charge is -2.19. The zero-order valence-electron chi connectivity index (χ0n) is 17.1. The van der Waals surface area contributed by atoms with Crippen LogP contribution in [0.15, 0.2) is 23.5 Å². The van der Waals surface area contributed by atoms with Gasteiger partial charge in [0.1, 0.15) is 24.1 Å². The highest BCUT2D eigenvalue weighted by Gasteiger charge is 2.62. The second-order valence-electron chi connectivity index (χ2n) is 7.54. The molecule has 160 valence electrons. The Kier molecular flexibility index (Phi) is 6.02. The summed E-state index contributed by atoms with van der Waals surface area (Å²) < 4.78 is 12.4. The Bertz CT molecular complexity index is 997. The molecule has 11 nitrogen and oxygen atoms in total. The van der Waals surface area contributed by atoms with Crippen LogP contribution in [0.4, 0.5) is 5.82 Å². The van der Waals surface area contributed by atoms with Crippen LogP contribution >= 0.6 is 0 Å². The van der Waals surface area contributed by atoms with E-state index in [-0.39, 0.29) is 0 Å². The highest BCUT2D eigenvalue weighted by molar-refractivity contribution is 5.72. The summed E-state index contributed by atoms with van der Waals surface area (Å²) in [4.78, 5) is 25.4. The molecule has 1 aliphatic heterocycles. The van der Waals surface area contributed by atoms with Crippen molar-refractivity contribution in [3.63, 3.8) is 0 Å². The first kappa shape index (κ1) is 21.6. The molecule has 3 rings (SSSR count). The lowest BCUT2D eigenvalue weighted by molar-refractivity contribution is -0.159. The van der Waals surface area contributed by atoms with E-state index in [1.165, 1.54) is 10.8 Å². The van der Waals surface area contributed by atoms with Crippen LogP contribution in [0.2, 0.25) is 0 Å². The van der Waals surface area contributed by atoms with E-state index in [9.17, 15) is 15.0 Å². The third-order valence-corrected chi connectivity index (χ3v) is 4.67. The number of carbonyl (C=O) groups excluding carboxylic acids is 1. The standard InChI is InChI=1S/C19H24N6O5/c1-11(2)18(28)29-8-19(20-3)16(27)14(26)15(30-19)12-6-7-13-17(22-10-24(4)5)21-9-23-25(12)13/h6-7,9-11,14-16,26-27H,8H2,1-2,4-5H3/t14-,15-,16-,19+/m0/s1. The van der Waals surface area contributed by atoms with E-state index in [1.807, 2.05) is 14.1 Å². The Labute approximate surface area is 173 Å². The first-order valence-corrected chi connectivity index (χ1v) is 9.32. The fourth-order valence-electron chi connectivity index (χ4n) is 3.04. The molecule has 30 heavy (non-hydrogen) atoms. The molecule has 0 saturated carbocycles. The number of nitrogens with zero attached hydrogens (tertiary/aromatic N) is 6. The minimum absolute atomic E-state index is 0.403. The molecular formula is C19H24N6O5. The third kappa shape index (κ3) is 3.85. The summed E-state index contributed by atoms with van der Waals surface area (Å²) in [5, 5.41) is 25.4. The Morgan fingerprint density at radius 3 is 2.87 bits per heavy atom. The van der Waals surface area contributed by atoms with Crippen molar-refractivity contribution in [1.82, 2.24) is 19.5 Å². The van der Waals surface area contributed by atoms with E-state index in [4.69, 9.17) is 16.0 Å². The predicted octanol–water partition coefficient (Wildman–Crippen LogP) is 0.559. The van der Waals surface area contributed by atoms with E-state index >= 15 is 0 Å². The van der Waals surface area contributed by atoms with Crippen molar-refractivity contribution in [3.8, 4) is 0 Å². The van der Waals surface area contributed by atoms with Crippen molar-refractivity contribution < 1.29 is 24.5 Å². The zero-order valence-corrected chi connectivity index (χ0v) is 17.1. The second kappa shape index (κ2) is 8.35. The molecule has 3 heterocycles. The molecule has 0 amide bonds. The molecule has 1 saturated heterocycles. The van der Waals surface area contributed by atoms with Crippen molar-refractivity contribution in [2.75, 3.05) is 20.7 Å². The molecule has 2 aromatic rings. The SMILES string of the molecule is [C-]#[N+][C@]1(COC(=O)C(C)C)O[C@@H](c2ccc3c(N=CN(C)C)ncnn23)[C@H](O)[C@@H]1O. The van der Waals surface area contributed by atoms with E-state index in [2.05, 4.69) is 19.9 Å². The van der Waals surface area contributed by atoms with Gasteiger partial charge in [0.25, 0.3) is 0 Å². The Hall–Kier alpha value is -3.07. The molecule has 1 aliphatic rings. The van der Waals surface area contributed by atoms with Gasteiger partial charge < -0.3 is 19.8 Å². The average Bonchev–Trinajstić information content (AvgIpc) is 3.25. The fraction of sp³-hybridized carbons (Fsp3) is 0.526. The maximum Gasteiger partial charge on any atom is 0.400 e. The Morgan fingerprint density at radius 2 is 2.23 bits per heavy atom. The lowest BCUT2D eigenvalue weighted by Crippen LogP contribution is -2.45. The van der Waals surface area contributed by atoms with Gasteiger partial charge >= 0.3 is 11.7 Å². The molecule has 0 aromatic carbocycles. The van der Waals surface area contributed by atoms with Gasteiger partial charge in [-0.15, -0.1) is 0 Å². The van der Waals surface area contributed by atoms with Crippen LogP contribution in [0.5, 0.6) is 0 Å². The van der Waals surface area contributed by atoms with Gasteiger partial charge in [-0.3, -0.25) is 14.4 Å². The lowest BCUT2D eigenvalue weighted by atomic mass is 10.0. The van der Waals surface area contributed by atoms with Gasteiger partial charge in [-0.1, -0.05) is 13.8 Å². The maximum absolute atomic E-state index is 11.8. The normalized spacial score (nSPS) is 26.4. The highest BCUT2D eigenvalue weighted by atomic mass is 16.6. The first-order chi connectivity index (χ1) is 14.2. The van der Waals surface area contributed by atoms with Crippen molar-refractivity contribution in [3.05, 3.63) is 35.6 Å². The summed E-state index contributed by atoms with van der Waals surface area (Å²) in [6.45, 7) is 10.3. The average molecular weight is 416 g/mol. The Morgan fingerprint density at radius 1 is 1.50 bits per heavy atom. The molecule has 2 N–H and O–H groups in total. The van der Waals surface area contributed by atoms with Crippen molar-refractivity contribution in [1.29, 1.82) is 0 Å². The fourth-order valence-corrected chi connectivity index (χ4v) is 3.04. The number of fused-ring (bicyclic) bond motifs is 1. The molecular weight excluding hydrogens is 392 g/mol. The summed E-state index contributed by atoms with van der Waals surface area (Å²) in [7, 11) is 3.65. The monoisotopic (exact) mass is 416 g/mol. The van der Waals surface area contributed by atoms with Gasteiger partial charge in [-0.2, -0.15) is 5.10 Å². The number of ether oxygens (including phenoxy) is 2. The summed E-state index contributed by atoms with van der Waals surface area (Å²) in [5.41, 5.74) is -0.957. The number of aliphatic imine (C=N–C) groups is 1. The number of esters is 1. The smallest absolute Gasteiger partial charge is 0.400 e. The predicted molar refractivity (Wildman–Crippen MR) is 106 cm³/mol. The van der Waals surface area contributed by atoms with Crippen LogP contribution in [0.1, 0.15) is 25.6 Å². The number of aliphatic hydroxyl groups is 2. The van der Waals surface area contributed by atoms with Gasteiger partial charge in [-0.25, -0.2) is 21.1 Å². The first-order valence-electron chi connectivity index (χ1n) is 9.32. The van der Waals surface area contributed by atoms with Gasteiger partial charge in [0.15, 0.2) is 18.5 Å². The molecule has 0 bridgehead atoms. The number of hydrogen-bond acceptors (Lipinski definition) is 8. The number of rotatable bonds is 6. The number of hydrogen-bond donors (Lipinski definition) is 2. The van der Waals surface area contributed by atoms with Crippen molar-refractivity contribution in [2.24, 2.45) is 10.9 Å². The van der Waals surface area contributed by atoms with Crippen LogP contribution in [0, 0.1) is 12.5 Å². The third-order valence-electron chi connectivity index (χ3n) is 4.67. The van der Waals surface area contributed by atoms with Crippen LogP contribution in [0.25, 0.3) is 10.4 Å². The van der Waals surface area contributed by atoms with E-state index < -0.39 is 42.5 Å². The van der Waals surface area contributed by atoms with Crippen molar-refractivity contribution in [2.45, 2.75) is 37.9 Å². The largest absolute Gasteiger partial charge is 0.454 e. The van der Waals surface area contributed by atoms with Gasteiger partial charge in [0.05, 0.1) is 18.0 Å². The van der Waals surface area contributed by atoms with E-state index in [0.29, 0.717) is 17.0 Å². The van der Waals surface area contributed by atoms with Crippen LogP contribution in [-0.4, -0.2) is 80.7 Å². The summed E-state index contributed by atoms with van der Waals surface area (Å²) in [6.07, 6.45) is -1.19. The number of carbonyl (C=O) groups is 1. The number of aliphatic hydroxyl groups excluding tert-OH is 2. The maximum atomic E-state index is 11.8. The van der Waals surface area contributed by atoms with E-state index in [0.717, 1.165) is 0 Å². The molecule has 2 aromatic heterocycles. The number of aromatic nitrogens is 3. The topological polar surface area (TPSA) is 126 Å². The van der Waals surface area contributed by atoms with Crippen LogP contribution in [-0.2, 0) is 14.3 Å². The molecule has 4 atom stereocenters. The molecule has 11 heteroatoms.